The number of halogens is 1. The summed E-state index contributed by atoms with van der Waals surface area (Å²) in [6.45, 7) is 3.79. The number of ether oxygens (including phenoxy) is 1. The van der Waals surface area contributed by atoms with Crippen molar-refractivity contribution in [3.8, 4) is 0 Å². The van der Waals surface area contributed by atoms with Crippen molar-refractivity contribution in [2.45, 2.75) is 32.0 Å². The smallest absolute Gasteiger partial charge is 0.250 e. The average molecular weight is 354 g/mol. The molecule has 0 aromatic heterocycles. The van der Waals surface area contributed by atoms with E-state index in [2.05, 4.69) is 10.6 Å². The Hall–Kier alpha value is -1.63. The summed E-state index contributed by atoms with van der Waals surface area (Å²) in [5.41, 5.74) is 2.13. The van der Waals surface area contributed by atoms with Gasteiger partial charge < -0.3 is 20.3 Å². The van der Waals surface area contributed by atoms with Crippen molar-refractivity contribution < 1.29 is 14.3 Å². The van der Waals surface area contributed by atoms with Crippen LogP contribution in [0.15, 0.2) is 24.3 Å². The normalized spacial score (nSPS) is 20.6. The Labute approximate surface area is 148 Å². The lowest BCUT2D eigenvalue weighted by Gasteiger charge is -2.23. The maximum atomic E-state index is 12.1. The van der Waals surface area contributed by atoms with E-state index in [1.807, 2.05) is 29.2 Å². The summed E-state index contributed by atoms with van der Waals surface area (Å²) >= 11 is 0. The number of carbonyl (C=O) groups excluding carboxylic acids is 2. The predicted molar refractivity (Wildman–Crippen MR) is 92.8 cm³/mol. The number of nitrogens with one attached hydrogen (secondary N) is 2. The highest BCUT2D eigenvalue weighted by Crippen LogP contribution is 2.17. The molecule has 3 rings (SSSR count). The molecular formula is C17H24ClN3O3. The molecule has 132 valence electrons. The minimum atomic E-state index is -0.420. The SMILES string of the molecule is Cl.O=C(NCc1ccccc1CN1CCCC1=O)C1CNCCO1. The van der Waals surface area contributed by atoms with Crippen molar-refractivity contribution in [1.29, 1.82) is 0 Å². The van der Waals surface area contributed by atoms with E-state index in [9.17, 15) is 9.59 Å². The molecule has 1 aromatic carbocycles. The number of morpholine rings is 1. The van der Waals surface area contributed by atoms with Crippen molar-refractivity contribution >= 4 is 24.2 Å². The molecule has 1 aromatic rings. The van der Waals surface area contributed by atoms with Gasteiger partial charge in [0, 0.05) is 39.1 Å². The van der Waals surface area contributed by atoms with Gasteiger partial charge in [0.25, 0.3) is 5.91 Å². The molecule has 2 N–H and O–H groups in total. The van der Waals surface area contributed by atoms with Gasteiger partial charge in [0.2, 0.25) is 5.91 Å². The van der Waals surface area contributed by atoms with Gasteiger partial charge in [-0.25, -0.2) is 0 Å². The standard InChI is InChI=1S/C17H23N3O3.ClH/c21-16-6-3-8-20(16)12-14-5-2-1-4-13(14)10-19-17(22)15-11-18-7-9-23-15;/h1-2,4-5,15,18H,3,6-12H2,(H,19,22);1H. The predicted octanol–water partition coefficient (Wildman–Crippen LogP) is 0.835. The van der Waals surface area contributed by atoms with Crippen molar-refractivity contribution in [2.75, 3.05) is 26.2 Å². The van der Waals surface area contributed by atoms with Crippen LogP contribution in [0.2, 0.25) is 0 Å². The first-order chi connectivity index (χ1) is 11.2. The molecule has 2 fully saturated rings. The third kappa shape index (κ3) is 4.69. The van der Waals surface area contributed by atoms with Crippen LogP contribution in [-0.2, 0) is 27.4 Å². The lowest BCUT2D eigenvalue weighted by molar-refractivity contribution is -0.134. The summed E-state index contributed by atoms with van der Waals surface area (Å²) in [7, 11) is 0. The first kappa shape index (κ1) is 18.7. The Kier molecular flexibility index (Phi) is 7.02. The number of likely N-dealkylation sites (tertiary alicyclic amines) is 1. The van der Waals surface area contributed by atoms with Crippen molar-refractivity contribution in [3.05, 3.63) is 35.4 Å². The second kappa shape index (κ2) is 9.01. The topological polar surface area (TPSA) is 70.7 Å². The number of hydrogen-bond acceptors (Lipinski definition) is 4. The molecule has 2 saturated heterocycles. The molecule has 6 nitrogen and oxygen atoms in total. The van der Waals surface area contributed by atoms with E-state index in [0.29, 0.717) is 32.7 Å². The van der Waals surface area contributed by atoms with Crippen LogP contribution in [0.4, 0.5) is 0 Å². The van der Waals surface area contributed by atoms with E-state index in [4.69, 9.17) is 4.74 Å². The molecule has 0 radical (unpaired) electrons. The summed E-state index contributed by atoms with van der Waals surface area (Å²) in [4.78, 5) is 25.8. The zero-order valence-corrected chi connectivity index (χ0v) is 14.4. The molecule has 1 atom stereocenters. The van der Waals surface area contributed by atoms with Crippen LogP contribution in [0, 0.1) is 0 Å². The molecule has 1 unspecified atom stereocenters. The Bertz CT molecular complexity index is 576. The highest BCUT2D eigenvalue weighted by atomic mass is 35.5. The fourth-order valence-electron chi connectivity index (χ4n) is 2.99. The second-order valence-electron chi connectivity index (χ2n) is 5.97. The van der Waals surface area contributed by atoms with Gasteiger partial charge in [0.05, 0.1) is 6.61 Å². The van der Waals surface area contributed by atoms with Crippen LogP contribution in [0.25, 0.3) is 0 Å². The lowest BCUT2D eigenvalue weighted by atomic mass is 10.1. The third-order valence-electron chi connectivity index (χ3n) is 4.32. The number of carbonyl (C=O) groups is 2. The second-order valence-corrected chi connectivity index (χ2v) is 5.97. The van der Waals surface area contributed by atoms with Gasteiger partial charge in [0.1, 0.15) is 6.10 Å². The lowest BCUT2D eigenvalue weighted by Crippen LogP contribution is -2.47. The zero-order chi connectivity index (χ0) is 16.1. The van der Waals surface area contributed by atoms with Crippen LogP contribution in [0.1, 0.15) is 24.0 Å². The fourth-order valence-corrected chi connectivity index (χ4v) is 2.99. The molecule has 0 aliphatic carbocycles. The van der Waals surface area contributed by atoms with Crippen LogP contribution in [0.5, 0.6) is 0 Å². The first-order valence-corrected chi connectivity index (χ1v) is 8.18. The molecule has 2 amide bonds. The quantitative estimate of drug-likeness (QED) is 0.822. The van der Waals surface area contributed by atoms with E-state index < -0.39 is 6.10 Å². The molecule has 2 aliphatic heterocycles. The Balaban J connectivity index is 0.00000208. The van der Waals surface area contributed by atoms with Gasteiger partial charge in [-0.2, -0.15) is 0 Å². The Morgan fingerprint density at radius 2 is 2.12 bits per heavy atom. The Morgan fingerprint density at radius 3 is 2.79 bits per heavy atom. The van der Waals surface area contributed by atoms with Crippen molar-refractivity contribution in [2.24, 2.45) is 0 Å². The number of amides is 2. The molecule has 0 saturated carbocycles. The number of rotatable bonds is 5. The van der Waals surface area contributed by atoms with Gasteiger partial charge in [-0.15, -0.1) is 12.4 Å². The van der Waals surface area contributed by atoms with Gasteiger partial charge in [-0.3, -0.25) is 9.59 Å². The van der Waals surface area contributed by atoms with Crippen LogP contribution in [-0.4, -0.2) is 49.1 Å². The van der Waals surface area contributed by atoms with Crippen LogP contribution in [0.3, 0.4) is 0 Å². The molecule has 0 bridgehead atoms. The van der Waals surface area contributed by atoms with Crippen LogP contribution < -0.4 is 10.6 Å². The maximum absolute atomic E-state index is 12.1. The number of benzene rings is 1. The van der Waals surface area contributed by atoms with Gasteiger partial charge in [-0.05, 0) is 17.5 Å². The monoisotopic (exact) mass is 353 g/mol. The highest BCUT2D eigenvalue weighted by Gasteiger charge is 2.23. The zero-order valence-electron chi connectivity index (χ0n) is 13.6. The maximum Gasteiger partial charge on any atom is 0.250 e. The summed E-state index contributed by atoms with van der Waals surface area (Å²) in [5, 5.41) is 6.09. The highest BCUT2D eigenvalue weighted by molar-refractivity contribution is 5.85. The third-order valence-corrected chi connectivity index (χ3v) is 4.32. The summed E-state index contributed by atoms with van der Waals surface area (Å²) in [6, 6.07) is 7.94. The summed E-state index contributed by atoms with van der Waals surface area (Å²) in [5.74, 6) is 0.120. The Morgan fingerprint density at radius 1 is 1.33 bits per heavy atom. The largest absolute Gasteiger partial charge is 0.366 e. The number of nitrogens with zero attached hydrogens (tertiary/aromatic N) is 1. The van der Waals surface area contributed by atoms with Crippen molar-refractivity contribution in [3.63, 3.8) is 0 Å². The molecular weight excluding hydrogens is 330 g/mol. The van der Waals surface area contributed by atoms with Gasteiger partial charge in [-0.1, -0.05) is 24.3 Å². The molecule has 7 heteroatoms. The molecule has 24 heavy (non-hydrogen) atoms. The van der Waals surface area contributed by atoms with E-state index in [1.54, 1.807) is 0 Å². The van der Waals surface area contributed by atoms with E-state index in [0.717, 1.165) is 30.6 Å². The van der Waals surface area contributed by atoms with Crippen molar-refractivity contribution in [1.82, 2.24) is 15.5 Å². The molecule has 2 heterocycles. The summed E-state index contributed by atoms with van der Waals surface area (Å²) in [6.07, 6.45) is 1.16. The minimum absolute atomic E-state index is 0. The van der Waals surface area contributed by atoms with E-state index in [-0.39, 0.29) is 24.2 Å². The average Bonchev–Trinajstić information content (AvgIpc) is 2.99. The van der Waals surface area contributed by atoms with Crippen LogP contribution >= 0.6 is 12.4 Å². The fraction of sp³-hybridized carbons (Fsp3) is 0.529. The summed E-state index contributed by atoms with van der Waals surface area (Å²) < 4.78 is 5.45. The number of hydrogen-bond donors (Lipinski definition) is 2. The van der Waals surface area contributed by atoms with E-state index >= 15 is 0 Å². The van der Waals surface area contributed by atoms with Gasteiger partial charge in [0.15, 0.2) is 0 Å². The van der Waals surface area contributed by atoms with E-state index in [1.165, 1.54) is 0 Å². The molecule has 2 aliphatic rings. The first-order valence-electron chi connectivity index (χ1n) is 8.18. The minimum Gasteiger partial charge on any atom is -0.366 e. The van der Waals surface area contributed by atoms with Gasteiger partial charge >= 0.3 is 0 Å². The molecule has 0 spiro atoms.